The van der Waals surface area contributed by atoms with Crippen molar-refractivity contribution >= 4 is 0 Å². The third kappa shape index (κ3) is 1.20. The van der Waals surface area contributed by atoms with Crippen LogP contribution in [0, 0.1) is 22.7 Å². The van der Waals surface area contributed by atoms with Crippen LogP contribution < -0.4 is 0 Å². The maximum atomic E-state index is 8.27. The van der Waals surface area contributed by atoms with Crippen molar-refractivity contribution < 1.29 is 0 Å². The van der Waals surface area contributed by atoms with E-state index in [1.807, 2.05) is 6.07 Å². The van der Waals surface area contributed by atoms with E-state index < -0.39 is 0 Å². The lowest BCUT2D eigenvalue weighted by atomic mass is 10.5. The highest BCUT2D eigenvalue weighted by atomic mass is 15.3. The molecule has 44 valence electrons. The molecule has 0 spiro atoms. The molecule has 1 aliphatic heterocycles. The van der Waals surface area contributed by atoms with E-state index in [9.17, 15) is 0 Å². The molecule has 0 N–H and O–H groups in total. The maximum Gasteiger partial charge on any atom is 0.134 e. The molecule has 1 rings (SSSR count). The van der Waals surface area contributed by atoms with E-state index in [1.54, 1.807) is 11.1 Å². The van der Waals surface area contributed by atoms with Crippen LogP contribution in [0.25, 0.3) is 0 Å². The summed E-state index contributed by atoms with van der Waals surface area (Å²) in [6.45, 7) is 0.772. The first-order chi connectivity index (χ1) is 4.38. The molecule has 1 unspecified atom stereocenters. The third-order valence-electron chi connectivity index (χ3n) is 1.14. The van der Waals surface area contributed by atoms with E-state index in [2.05, 4.69) is 6.07 Å². The first kappa shape index (κ1) is 5.65. The Hall–Kier alpha value is -1.48. The summed E-state index contributed by atoms with van der Waals surface area (Å²) in [6.07, 6.45) is 3.01. The average Bonchev–Trinajstić information content (AvgIpc) is 2.62. The van der Waals surface area contributed by atoms with Gasteiger partial charge in [-0.15, -0.1) is 0 Å². The quantitative estimate of drug-likeness (QED) is 0.366. The Labute approximate surface area is 53.4 Å². The van der Waals surface area contributed by atoms with Crippen molar-refractivity contribution in [3.05, 3.63) is 12.3 Å². The molecular weight excluding hydrogens is 114 g/mol. The molecule has 0 radical (unpaired) electrons. The molecule has 3 nitrogen and oxygen atoms in total. The third-order valence-corrected chi connectivity index (χ3v) is 1.14. The largest absolute Gasteiger partial charge is 0.357 e. The number of nitriles is 2. The molecule has 1 fully saturated rings. The normalized spacial score (nSPS) is 23.3. The molecule has 9 heavy (non-hydrogen) atoms. The van der Waals surface area contributed by atoms with Crippen LogP contribution in [0.4, 0.5) is 0 Å². The highest BCUT2D eigenvalue weighted by Gasteiger charge is 2.29. The number of hydrogen-bond acceptors (Lipinski definition) is 3. The Kier molecular flexibility index (Phi) is 1.38. The zero-order valence-corrected chi connectivity index (χ0v) is 4.78. The highest BCUT2D eigenvalue weighted by molar-refractivity contribution is 5.14. The van der Waals surface area contributed by atoms with E-state index in [0.29, 0.717) is 0 Å². The number of allylic oxidation sites excluding steroid dienone is 1. The molecule has 1 aliphatic rings. The molecule has 0 amide bonds. The van der Waals surface area contributed by atoms with Gasteiger partial charge in [0.1, 0.15) is 6.04 Å². The second kappa shape index (κ2) is 2.19. The van der Waals surface area contributed by atoms with Gasteiger partial charge in [0.25, 0.3) is 0 Å². The monoisotopic (exact) mass is 119 g/mol. The van der Waals surface area contributed by atoms with Crippen molar-refractivity contribution in [2.24, 2.45) is 0 Å². The molecule has 1 saturated heterocycles. The maximum absolute atomic E-state index is 8.27. The Morgan fingerprint density at radius 2 is 2.33 bits per heavy atom. The lowest BCUT2D eigenvalue weighted by molar-refractivity contribution is 0.734. The smallest absolute Gasteiger partial charge is 0.134 e. The molecule has 0 aromatic rings. The Morgan fingerprint density at radius 1 is 1.56 bits per heavy atom. The summed E-state index contributed by atoms with van der Waals surface area (Å²) in [5, 5.41) is 16.3. The van der Waals surface area contributed by atoms with Crippen molar-refractivity contribution in [2.45, 2.75) is 6.04 Å². The van der Waals surface area contributed by atoms with Gasteiger partial charge in [-0.1, -0.05) is 0 Å². The molecule has 0 saturated carbocycles. The van der Waals surface area contributed by atoms with Crippen LogP contribution in [-0.4, -0.2) is 17.5 Å². The minimum absolute atomic E-state index is 0.0228. The van der Waals surface area contributed by atoms with Crippen LogP contribution in [0.3, 0.4) is 0 Å². The fraction of sp³-hybridized carbons (Fsp3) is 0.333. The van der Waals surface area contributed by atoms with E-state index in [0.717, 1.165) is 6.54 Å². The van der Waals surface area contributed by atoms with Crippen LogP contribution in [0.1, 0.15) is 0 Å². The molecule has 1 heterocycles. The lowest BCUT2D eigenvalue weighted by Gasteiger charge is -1.83. The molecule has 0 bridgehead atoms. The van der Waals surface area contributed by atoms with Gasteiger partial charge in [0, 0.05) is 12.3 Å². The van der Waals surface area contributed by atoms with E-state index in [-0.39, 0.29) is 6.04 Å². The Balaban J connectivity index is 2.31. The van der Waals surface area contributed by atoms with Crippen LogP contribution in [-0.2, 0) is 0 Å². The van der Waals surface area contributed by atoms with Crippen molar-refractivity contribution in [1.82, 2.24) is 4.90 Å². The molecule has 3 heteroatoms. The zero-order chi connectivity index (χ0) is 6.69. The summed E-state index contributed by atoms with van der Waals surface area (Å²) in [4.78, 5) is 1.79. The van der Waals surface area contributed by atoms with Gasteiger partial charge in [-0.05, 0) is 0 Å². The van der Waals surface area contributed by atoms with E-state index in [1.165, 1.54) is 6.08 Å². The SMILES string of the molecule is N#C/C=C/N1CC1C#N. The van der Waals surface area contributed by atoms with E-state index in [4.69, 9.17) is 10.5 Å². The van der Waals surface area contributed by atoms with Crippen LogP contribution in [0.2, 0.25) is 0 Å². The standard InChI is InChI=1S/C6H5N3/c7-2-1-3-9-5-6(9)4-8/h1,3,6H,5H2/b3-1+. The summed E-state index contributed by atoms with van der Waals surface area (Å²) >= 11 is 0. The fourth-order valence-electron chi connectivity index (χ4n) is 0.561. The fourth-order valence-corrected chi connectivity index (χ4v) is 0.561. The second-order valence-electron chi connectivity index (χ2n) is 1.79. The van der Waals surface area contributed by atoms with Gasteiger partial charge < -0.3 is 4.90 Å². The summed E-state index contributed by atoms with van der Waals surface area (Å²) in [5.41, 5.74) is 0. The molecule has 0 aromatic heterocycles. The van der Waals surface area contributed by atoms with E-state index >= 15 is 0 Å². The van der Waals surface area contributed by atoms with Crippen LogP contribution >= 0.6 is 0 Å². The van der Waals surface area contributed by atoms with Crippen molar-refractivity contribution in [1.29, 1.82) is 10.5 Å². The molecule has 0 aromatic carbocycles. The molecule has 1 atom stereocenters. The van der Waals surface area contributed by atoms with Crippen molar-refractivity contribution in [3.63, 3.8) is 0 Å². The van der Waals surface area contributed by atoms with Gasteiger partial charge in [-0.3, -0.25) is 0 Å². The predicted octanol–water partition coefficient (Wildman–Crippen LogP) is 0.231. The highest BCUT2D eigenvalue weighted by Crippen LogP contribution is 2.15. The minimum Gasteiger partial charge on any atom is -0.357 e. The number of rotatable bonds is 1. The topological polar surface area (TPSA) is 50.6 Å². The first-order valence-electron chi connectivity index (χ1n) is 2.60. The second-order valence-corrected chi connectivity index (χ2v) is 1.79. The van der Waals surface area contributed by atoms with Gasteiger partial charge in [-0.25, -0.2) is 0 Å². The van der Waals surface area contributed by atoms with Gasteiger partial charge in [0.05, 0.1) is 18.7 Å². The van der Waals surface area contributed by atoms with Gasteiger partial charge in [0.2, 0.25) is 0 Å². The van der Waals surface area contributed by atoms with Crippen LogP contribution in [0.5, 0.6) is 0 Å². The van der Waals surface area contributed by atoms with Gasteiger partial charge in [0.15, 0.2) is 0 Å². The van der Waals surface area contributed by atoms with Crippen molar-refractivity contribution in [3.8, 4) is 12.1 Å². The first-order valence-corrected chi connectivity index (χ1v) is 2.60. The molecular formula is C6H5N3. The van der Waals surface area contributed by atoms with Gasteiger partial charge in [-0.2, -0.15) is 10.5 Å². The summed E-state index contributed by atoms with van der Waals surface area (Å²) in [5.74, 6) is 0. The van der Waals surface area contributed by atoms with Crippen LogP contribution in [0.15, 0.2) is 12.3 Å². The Morgan fingerprint density at radius 3 is 2.78 bits per heavy atom. The predicted molar refractivity (Wildman–Crippen MR) is 30.9 cm³/mol. The zero-order valence-electron chi connectivity index (χ0n) is 4.78. The summed E-state index contributed by atoms with van der Waals surface area (Å²) < 4.78 is 0. The Bertz CT molecular complexity index is 205. The molecule has 0 aliphatic carbocycles. The summed E-state index contributed by atoms with van der Waals surface area (Å²) in [7, 11) is 0. The number of nitrogens with zero attached hydrogens (tertiary/aromatic N) is 3. The minimum atomic E-state index is 0.0228. The lowest BCUT2D eigenvalue weighted by Crippen LogP contribution is -1.86. The summed E-state index contributed by atoms with van der Waals surface area (Å²) in [6, 6.07) is 3.94. The number of hydrogen-bond donors (Lipinski definition) is 0. The average molecular weight is 119 g/mol. The van der Waals surface area contributed by atoms with Gasteiger partial charge >= 0.3 is 0 Å². The van der Waals surface area contributed by atoms with Crippen molar-refractivity contribution in [2.75, 3.05) is 6.54 Å².